The molecule has 0 fully saturated rings. The van der Waals surface area contributed by atoms with Gasteiger partial charge in [0, 0.05) is 31.9 Å². The molecule has 0 atom stereocenters. The van der Waals surface area contributed by atoms with Gasteiger partial charge in [-0.3, -0.25) is 0 Å². The van der Waals surface area contributed by atoms with E-state index in [1.165, 1.54) is 4.88 Å². The molecule has 0 saturated carbocycles. The molecule has 0 aliphatic heterocycles. The second kappa shape index (κ2) is 5.49. The Labute approximate surface area is 119 Å². The van der Waals surface area contributed by atoms with Crippen LogP contribution >= 0.6 is 54.8 Å². The molecule has 2 aromatic heterocycles. The third-order valence-corrected chi connectivity index (χ3v) is 4.31. The van der Waals surface area contributed by atoms with Crippen molar-refractivity contribution in [3.63, 3.8) is 0 Å². The van der Waals surface area contributed by atoms with E-state index >= 15 is 0 Å². The molecule has 16 heavy (non-hydrogen) atoms. The van der Waals surface area contributed by atoms with Crippen LogP contribution in [0.25, 0.3) is 0 Å². The lowest BCUT2D eigenvalue weighted by Crippen LogP contribution is -1.98. The Morgan fingerprint density at radius 2 is 2.12 bits per heavy atom. The molecule has 0 spiro atoms. The van der Waals surface area contributed by atoms with Crippen molar-refractivity contribution in [3.05, 3.63) is 42.7 Å². The minimum Gasteiger partial charge on any atom is -0.378 e. The summed E-state index contributed by atoms with van der Waals surface area (Å²) in [6, 6.07) is 4.00. The number of hydrogen-bond donors (Lipinski definition) is 1. The second-order valence-corrected chi connectivity index (χ2v) is 6.26. The van der Waals surface area contributed by atoms with Gasteiger partial charge in [0.2, 0.25) is 0 Å². The number of pyridine rings is 1. The van der Waals surface area contributed by atoms with Gasteiger partial charge in [-0.05, 0) is 44.0 Å². The molecular weight excluding hydrogens is 375 g/mol. The van der Waals surface area contributed by atoms with Gasteiger partial charge in [0.15, 0.2) is 5.15 Å². The van der Waals surface area contributed by atoms with Crippen LogP contribution < -0.4 is 5.32 Å². The van der Waals surface area contributed by atoms with E-state index in [-0.39, 0.29) is 0 Å². The first-order valence-electron chi connectivity index (χ1n) is 4.43. The third-order valence-electron chi connectivity index (χ3n) is 1.88. The normalized spacial score (nSPS) is 10.4. The lowest BCUT2D eigenvalue weighted by Gasteiger charge is -2.06. The number of rotatable bonds is 3. The summed E-state index contributed by atoms with van der Waals surface area (Å²) < 4.78 is 2.01. The van der Waals surface area contributed by atoms with E-state index in [1.54, 1.807) is 17.5 Å². The summed E-state index contributed by atoms with van der Waals surface area (Å²) in [6.07, 6.45) is 1.68. The van der Waals surface area contributed by atoms with Gasteiger partial charge in [0.05, 0.1) is 5.69 Å². The monoisotopic (exact) mass is 380 g/mol. The van der Waals surface area contributed by atoms with Gasteiger partial charge in [-0.25, -0.2) is 4.98 Å². The summed E-state index contributed by atoms with van der Waals surface area (Å²) >= 11 is 14.4. The van der Waals surface area contributed by atoms with Crippen LogP contribution in [0.4, 0.5) is 5.69 Å². The van der Waals surface area contributed by atoms with Crippen LogP contribution in [0.1, 0.15) is 4.88 Å². The van der Waals surface area contributed by atoms with E-state index in [1.807, 2.05) is 6.07 Å². The largest absolute Gasteiger partial charge is 0.378 e. The summed E-state index contributed by atoms with van der Waals surface area (Å²) in [5.41, 5.74) is 0.834. The Balaban J connectivity index is 2.07. The van der Waals surface area contributed by atoms with Gasteiger partial charge < -0.3 is 5.32 Å². The van der Waals surface area contributed by atoms with Gasteiger partial charge >= 0.3 is 0 Å². The first-order valence-corrected chi connectivity index (χ1v) is 7.27. The van der Waals surface area contributed by atoms with Crippen LogP contribution in [0.15, 0.2) is 32.7 Å². The number of thiophene rings is 1. The highest BCUT2D eigenvalue weighted by Crippen LogP contribution is 2.25. The molecule has 0 radical (unpaired) electrons. The Morgan fingerprint density at radius 1 is 1.31 bits per heavy atom. The van der Waals surface area contributed by atoms with E-state index in [9.17, 15) is 0 Å². The standard InChI is InChI=1S/C10H7Br2ClN2S/c11-6-2-9(10(13)15-3-6)14-4-8-1-7(12)5-16-8/h1-3,5,14H,4H2. The van der Waals surface area contributed by atoms with Gasteiger partial charge in [-0.2, -0.15) is 0 Å². The maximum Gasteiger partial charge on any atom is 0.152 e. The van der Waals surface area contributed by atoms with Crippen molar-refractivity contribution >= 4 is 60.5 Å². The minimum absolute atomic E-state index is 0.485. The average molecular weight is 383 g/mol. The van der Waals surface area contributed by atoms with Crippen molar-refractivity contribution in [2.75, 3.05) is 5.32 Å². The zero-order valence-corrected chi connectivity index (χ0v) is 12.8. The molecule has 0 unspecified atom stereocenters. The Morgan fingerprint density at radius 3 is 2.81 bits per heavy atom. The molecule has 1 N–H and O–H groups in total. The lowest BCUT2D eigenvalue weighted by atomic mass is 10.4. The van der Waals surface area contributed by atoms with Crippen LogP contribution in [-0.4, -0.2) is 4.98 Å². The fraction of sp³-hybridized carbons (Fsp3) is 0.100. The lowest BCUT2D eigenvalue weighted by molar-refractivity contribution is 1.17. The fourth-order valence-electron chi connectivity index (χ4n) is 1.18. The molecule has 6 heteroatoms. The number of nitrogens with one attached hydrogen (secondary N) is 1. The Kier molecular flexibility index (Phi) is 4.24. The van der Waals surface area contributed by atoms with Gasteiger partial charge in [-0.1, -0.05) is 11.6 Å². The predicted molar refractivity (Wildman–Crippen MR) is 76.3 cm³/mol. The number of halogens is 3. The minimum atomic E-state index is 0.485. The second-order valence-electron chi connectivity index (χ2n) is 3.08. The Bertz CT molecular complexity index is 501. The highest BCUT2D eigenvalue weighted by atomic mass is 79.9. The molecule has 0 saturated heterocycles. The first kappa shape index (κ1) is 12.4. The summed E-state index contributed by atoms with van der Waals surface area (Å²) in [6.45, 7) is 0.744. The van der Waals surface area contributed by atoms with Crippen LogP contribution in [-0.2, 0) is 6.54 Å². The smallest absolute Gasteiger partial charge is 0.152 e. The topological polar surface area (TPSA) is 24.9 Å². The van der Waals surface area contributed by atoms with E-state index in [4.69, 9.17) is 11.6 Å². The van der Waals surface area contributed by atoms with Crippen molar-refractivity contribution in [2.45, 2.75) is 6.54 Å². The number of hydrogen-bond acceptors (Lipinski definition) is 3. The van der Waals surface area contributed by atoms with Crippen molar-refractivity contribution < 1.29 is 0 Å². The molecule has 0 amide bonds. The third kappa shape index (κ3) is 3.20. The van der Waals surface area contributed by atoms with E-state index < -0.39 is 0 Å². The summed E-state index contributed by atoms with van der Waals surface area (Å²) in [5, 5.41) is 5.79. The van der Waals surface area contributed by atoms with Crippen molar-refractivity contribution in [1.29, 1.82) is 0 Å². The van der Waals surface area contributed by atoms with Crippen molar-refractivity contribution in [1.82, 2.24) is 4.98 Å². The van der Waals surface area contributed by atoms with Crippen molar-refractivity contribution in [2.24, 2.45) is 0 Å². The van der Waals surface area contributed by atoms with Gasteiger partial charge in [0.25, 0.3) is 0 Å². The summed E-state index contributed by atoms with van der Waals surface area (Å²) in [4.78, 5) is 5.29. The summed E-state index contributed by atoms with van der Waals surface area (Å²) in [7, 11) is 0. The zero-order valence-electron chi connectivity index (χ0n) is 8.01. The first-order chi connectivity index (χ1) is 7.65. The highest BCUT2D eigenvalue weighted by molar-refractivity contribution is 9.10. The van der Waals surface area contributed by atoms with Crippen LogP contribution in [0.2, 0.25) is 5.15 Å². The van der Waals surface area contributed by atoms with Crippen molar-refractivity contribution in [3.8, 4) is 0 Å². The fourth-order valence-corrected chi connectivity index (χ4v) is 3.07. The molecular formula is C10H7Br2ClN2S. The van der Waals surface area contributed by atoms with Crippen LogP contribution in [0, 0.1) is 0 Å². The number of nitrogens with zero attached hydrogens (tertiary/aromatic N) is 1. The predicted octanol–water partition coefficient (Wildman–Crippen LogP) is 4.93. The molecule has 0 bridgehead atoms. The SMILES string of the molecule is Clc1ncc(Br)cc1NCc1cc(Br)cs1. The zero-order chi connectivity index (χ0) is 11.5. The molecule has 2 nitrogen and oxygen atoms in total. The molecule has 0 aliphatic carbocycles. The Hall–Kier alpha value is -0.100. The summed E-state index contributed by atoms with van der Waals surface area (Å²) in [5.74, 6) is 0. The highest BCUT2D eigenvalue weighted by Gasteiger charge is 2.03. The quantitative estimate of drug-likeness (QED) is 0.761. The molecule has 2 aromatic rings. The molecule has 2 heterocycles. The van der Waals surface area contributed by atoms with Crippen LogP contribution in [0.5, 0.6) is 0 Å². The average Bonchev–Trinajstić information content (AvgIpc) is 2.66. The van der Waals surface area contributed by atoms with E-state index in [0.717, 1.165) is 21.2 Å². The molecule has 2 rings (SSSR count). The van der Waals surface area contributed by atoms with Gasteiger partial charge in [0.1, 0.15) is 0 Å². The van der Waals surface area contributed by atoms with E-state index in [0.29, 0.717) is 5.15 Å². The van der Waals surface area contributed by atoms with E-state index in [2.05, 4.69) is 53.6 Å². The molecule has 0 aromatic carbocycles. The number of aromatic nitrogens is 1. The van der Waals surface area contributed by atoms with Gasteiger partial charge in [-0.15, -0.1) is 11.3 Å². The molecule has 0 aliphatic rings. The van der Waals surface area contributed by atoms with Crippen LogP contribution in [0.3, 0.4) is 0 Å². The maximum atomic E-state index is 5.97. The maximum absolute atomic E-state index is 5.97. The number of anilines is 1. The molecule has 84 valence electrons.